The largest absolute Gasteiger partial charge is 0.478 e. The third-order valence-corrected chi connectivity index (χ3v) is 5.00. The summed E-state index contributed by atoms with van der Waals surface area (Å²) < 4.78 is 12.0. The zero-order chi connectivity index (χ0) is 19.4. The lowest BCUT2D eigenvalue weighted by Gasteiger charge is -2.31. The minimum atomic E-state index is -0.531. The van der Waals surface area contributed by atoms with Gasteiger partial charge in [-0.05, 0) is 18.6 Å². The topological polar surface area (TPSA) is 90.6 Å². The molecule has 0 aliphatic carbocycles. The summed E-state index contributed by atoms with van der Waals surface area (Å²) in [5.41, 5.74) is 0.504. The molecule has 0 amide bonds. The van der Waals surface area contributed by atoms with E-state index in [9.17, 15) is 10.1 Å². The summed E-state index contributed by atoms with van der Waals surface area (Å²) >= 11 is 9.63. The smallest absolute Gasteiger partial charge is 0.312 e. The molecule has 1 unspecified atom stereocenters. The Kier molecular flexibility index (Phi) is 6.46. The number of benzene rings is 1. The van der Waals surface area contributed by atoms with E-state index in [1.165, 1.54) is 12.4 Å². The van der Waals surface area contributed by atoms with E-state index in [0.717, 1.165) is 0 Å². The van der Waals surface area contributed by atoms with Gasteiger partial charge in [0, 0.05) is 23.6 Å². The Morgan fingerprint density at radius 1 is 1.41 bits per heavy atom. The predicted molar refractivity (Wildman–Crippen MR) is 105 cm³/mol. The zero-order valence-electron chi connectivity index (χ0n) is 14.6. The number of anilines is 1. The summed E-state index contributed by atoms with van der Waals surface area (Å²) in [5.74, 6) is 0.841. The van der Waals surface area contributed by atoms with Crippen LogP contribution in [0.2, 0.25) is 5.15 Å². The van der Waals surface area contributed by atoms with E-state index in [4.69, 9.17) is 21.1 Å². The molecule has 1 aliphatic rings. The molecule has 1 aliphatic heterocycles. The maximum atomic E-state index is 11.4. The lowest BCUT2D eigenvalue weighted by Crippen LogP contribution is -2.38. The van der Waals surface area contributed by atoms with Gasteiger partial charge in [0.2, 0.25) is 0 Å². The Labute approximate surface area is 169 Å². The SMILES string of the molecule is CCC(Oc1ccc(Br)cc1[N+](=O)[O-])c1c(Cl)ncnc1N1CCOCC1. The number of hydrogen-bond acceptors (Lipinski definition) is 7. The molecular formula is C17H18BrClN4O4. The number of nitrogens with zero attached hydrogens (tertiary/aromatic N) is 4. The summed E-state index contributed by atoms with van der Waals surface area (Å²) in [6, 6.07) is 4.67. The fourth-order valence-corrected chi connectivity index (χ4v) is 3.50. The lowest BCUT2D eigenvalue weighted by atomic mass is 10.1. The number of morpholine rings is 1. The summed E-state index contributed by atoms with van der Waals surface area (Å²) in [7, 11) is 0. The highest BCUT2D eigenvalue weighted by Crippen LogP contribution is 2.38. The summed E-state index contributed by atoms with van der Waals surface area (Å²) in [5, 5.41) is 11.7. The first-order valence-electron chi connectivity index (χ1n) is 8.45. The first-order chi connectivity index (χ1) is 13.0. The summed E-state index contributed by atoms with van der Waals surface area (Å²) in [6.07, 6.45) is 1.42. The quantitative estimate of drug-likeness (QED) is 0.365. The maximum absolute atomic E-state index is 11.4. The monoisotopic (exact) mass is 456 g/mol. The van der Waals surface area contributed by atoms with Gasteiger partial charge in [0.1, 0.15) is 23.4 Å². The van der Waals surface area contributed by atoms with Crippen LogP contribution in [0.25, 0.3) is 0 Å². The zero-order valence-corrected chi connectivity index (χ0v) is 16.9. The fraction of sp³-hybridized carbons (Fsp3) is 0.412. The second-order valence-corrected chi connectivity index (χ2v) is 7.16. The van der Waals surface area contributed by atoms with Crippen molar-refractivity contribution in [3.8, 4) is 5.75 Å². The van der Waals surface area contributed by atoms with Gasteiger partial charge >= 0.3 is 5.69 Å². The average molecular weight is 458 g/mol. The number of ether oxygens (including phenoxy) is 2. The highest BCUT2D eigenvalue weighted by molar-refractivity contribution is 9.10. The molecule has 1 aromatic carbocycles. The Bertz CT molecular complexity index is 833. The van der Waals surface area contributed by atoms with E-state index in [2.05, 4.69) is 30.8 Å². The summed E-state index contributed by atoms with van der Waals surface area (Å²) in [6.45, 7) is 4.46. The van der Waals surface area contributed by atoms with E-state index < -0.39 is 11.0 Å². The predicted octanol–water partition coefficient (Wildman–Crippen LogP) is 4.17. The van der Waals surface area contributed by atoms with Gasteiger partial charge in [-0.3, -0.25) is 10.1 Å². The second kappa shape index (κ2) is 8.81. The van der Waals surface area contributed by atoms with Crippen molar-refractivity contribution in [2.24, 2.45) is 0 Å². The van der Waals surface area contributed by atoms with Gasteiger partial charge in [0.05, 0.1) is 23.7 Å². The standard InChI is InChI=1S/C17H18BrClN4O4/c1-2-13(27-14-4-3-11(18)9-12(14)23(24)25)15-16(19)20-10-21-17(15)22-5-7-26-8-6-22/h3-4,9-10,13H,2,5-8H2,1H3. The average Bonchev–Trinajstić information content (AvgIpc) is 2.68. The molecule has 8 nitrogen and oxygen atoms in total. The highest BCUT2D eigenvalue weighted by Gasteiger charge is 2.27. The minimum Gasteiger partial charge on any atom is -0.478 e. The molecular weight excluding hydrogens is 440 g/mol. The molecule has 0 N–H and O–H groups in total. The van der Waals surface area contributed by atoms with Crippen LogP contribution in [-0.2, 0) is 4.74 Å². The van der Waals surface area contributed by atoms with E-state index in [1.807, 2.05) is 6.92 Å². The van der Waals surface area contributed by atoms with Crippen LogP contribution in [0.3, 0.4) is 0 Å². The number of nitro groups is 1. The van der Waals surface area contributed by atoms with Gasteiger partial charge in [-0.2, -0.15) is 0 Å². The van der Waals surface area contributed by atoms with Crippen LogP contribution in [0, 0.1) is 10.1 Å². The fourth-order valence-electron chi connectivity index (χ4n) is 2.90. The highest BCUT2D eigenvalue weighted by atomic mass is 79.9. The third-order valence-electron chi connectivity index (χ3n) is 4.20. The third kappa shape index (κ3) is 4.48. The van der Waals surface area contributed by atoms with Crippen molar-refractivity contribution >= 4 is 39.0 Å². The van der Waals surface area contributed by atoms with Crippen molar-refractivity contribution in [3.05, 3.63) is 49.8 Å². The van der Waals surface area contributed by atoms with Crippen molar-refractivity contribution in [3.63, 3.8) is 0 Å². The van der Waals surface area contributed by atoms with Crippen molar-refractivity contribution in [2.75, 3.05) is 31.2 Å². The Morgan fingerprint density at radius 2 is 2.15 bits per heavy atom. The van der Waals surface area contributed by atoms with Gasteiger partial charge in [-0.1, -0.05) is 34.5 Å². The Morgan fingerprint density at radius 3 is 2.81 bits per heavy atom. The van der Waals surface area contributed by atoms with E-state index in [1.54, 1.807) is 12.1 Å². The molecule has 10 heteroatoms. The molecule has 3 rings (SSSR count). The van der Waals surface area contributed by atoms with Crippen LogP contribution in [0.5, 0.6) is 5.75 Å². The molecule has 1 aromatic heterocycles. The lowest BCUT2D eigenvalue weighted by molar-refractivity contribution is -0.386. The van der Waals surface area contributed by atoms with E-state index in [-0.39, 0.29) is 16.6 Å². The first kappa shape index (κ1) is 19.8. The van der Waals surface area contributed by atoms with Crippen LogP contribution >= 0.6 is 27.5 Å². The first-order valence-corrected chi connectivity index (χ1v) is 9.62. The molecule has 1 atom stereocenters. The van der Waals surface area contributed by atoms with Gasteiger partial charge in [0.25, 0.3) is 0 Å². The van der Waals surface area contributed by atoms with Crippen LogP contribution in [0.4, 0.5) is 11.5 Å². The van der Waals surface area contributed by atoms with Crippen LogP contribution < -0.4 is 9.64 Å². The molecule has 0 spiro atoms. The molecule has 1 fully saturated rings. The van der Waals surface area contributed by atoms with Gasteiger partial charge < -0.3 is 14.4 Å². The van der Waals surface area contributed by atoms with Crippen LogP contribution in [0.1, 0.15) is 25.0 Å². The van der Waals surface area contributed by atoms with Gasteiger partial charge in [-0.25, -0.2) is 9.97 Å². The molecule has 0 saturated carbocycles. The molecule has 0 bridgehead atoms. The Hall–Kier alpha value is -1.97. The number of halogens is 2. The molecule has 1 saturated heterocycles. The number of aromatic nitrogens is 2. The van der Waals surface area contributed by atoms with E-state index in [0.29, 0.717) is 48.6 Å². The molecule has 0 radical (unpaired) electrons. The minimum absolute atomic E-state index is 0.122. The Balaban J connectivity index is 1.98. The molecule has 144 valence electrons. The van der Waals surface area contributed by atoms with Crippen molar-refractivity contribution in [2.45, 2.75) is 19.4 Å². The number of hydrogen-bond donors (Lipinski definition) is 0. The molecule has 27 heavy (non-hydrogen) atoms. The number of rotatable bonds is 6. The van der Waals surface area contributed by atoms with Crippen molar-refractivity contribution in [1.82, 2.24) is 9.97 Å². The maximum Gasteiger partial charge on any atom is 0.312 e. The van der Waals surface area contributed by atoms with Crippen molar-refractivity contribution < 1.29 is 14.4 Å². The molecule has 2 aromatic rings. The normalized spacial score (nSPS) is 15.4. The van der Waals surface area contributed by atoms with Crippen LogP contribution in [0.15, 0.2) is 29.0 Å². The number of nitro benzene ring substituents is 1. The van der Waals surface area contributed by atoms with Gasteiger partial charge in [0.15, 0.2) is 5.75 Å². The second-order valence-electron chi connectivity index (χ2n) is 5.89. The molecule has 2 heterocycles. The van der Waals surface area contributed by atoms with Crippen LogP contribution in [-0.4, -0.2) is 41.2 Å². The van der Waals surface area contributed by atoms with E-state index >= 15 is 0 Å². The van der Waals surface area contributed by atoms with Crippen molar-refractivity contribution in [1.29, 1.82) is 0 Å². The summed E-state index contributed by atoms with van der Waals surface area (Å²) in [4.78, 5) is 21.5. The van der Waals surface area contributed by atoms with Gasteiger partial charge in [-0.15, -0.1) is 0 Å².